The zero-order chi connectivity index (χ0) is 13.3. The standard InChI is InChI=1S/C15H32N2O/c1-3-11-17(12-8-13-18-2)15(14-16)9-6-4-5-7-10-15/h3-14,16H2,1-2H3. The van der Waals surface area contributed by atoms with Crippen LogP contribution in [0.2, 0.25) is 0 Å². The van der Waals surface area contributed by atoms with E-state index in [4.69, 9.17) is 10.5 Å². The fourth-order valence-corrected chi connectivity index (χ4v) is 3.29. The highest BCUT2D eigenvalue weighted by atomic mass is 16.5. The minimum Gasteiger partial charge on any atom is -0.385 e. The molecule has 0 atom stereocenters. The van der Waals surface area contributed by atoms with Gasteiger partial charge in [-0.3, -0.25) is 4.90 Å². The van der Waals surface area contributed by atoms with Crippen molar-refractivity contribution in [3.63, 3.8) is 0 Å². The van der Waals surface area contributed by atoms with Crippen molar-refractivity contribution in [2.75, 3.05) is 33.4 Å². The van der Waals surface area contributed by atoms with Crippen LogP contribution in [0.15, 0.2) is 0 Å². The molecule has 1 aliphatic rings. The van der Waals surface area contributed by atoms with Gasteiger partial charge < -0.3 is 10.5 Å². The summed E-state index contributed by atoms with van der Waals surface area (Å²) in [6.45, 7) is 6.27. The average molecular weight is 256 g/mol. The van der Waals surface area contributed by atoms with Gasteiger partial charge in [0, 0.05) is 32.3 Å². The van der Waals surface area contributed by atoms with Crippen molar-refractivity contribution in [2.24, 2.45) is 5.73 Å². The SMILES string of the molecule is CCCN(CCCOC)C1(CN)CCCCCC1. The van der Waals surface area contributed by atoms with Crippen LogP contribution in [0.1, 0.15) is 58.3 Å². The van der Waals surface area contributed by atoms with E-state index >= 15 is 0 Å². The first-order valence-corrected chi connectivity index (χ1v) is 7.73. The molecular formula is C15H32N2O. The molecule has 1 aliphatic carbocycles. The summed E-state index contributed by atoms with van der Waals surface area (Å²) < 4.78 is 5.19. The Morgan fingerprint density at radius 2 is 1.78 bits per heavy atom. The summed E-state index contributed by atoms with van der Waals surface area (Å²) in [4.78, 5) is 2.66. The summed E-state index contributed by atoms with van der Waals surface area (Å²) in [6, 6.07) is 0. The van der Waals surface area contributed by atoms with E-state index in [0.29, 0.717) is 0 Å². The second kappa shape index (κ2) is 8.89. The van der Waals surface area contributed by atoms with Crippen molar-refractivity contribution in [1.29, 1.82) is 0 Å². The van der Waals surface area contributed by atoms with Crippen LogP contribution in [0.3, 0.4) is 0 Å². The molecule has 18 heavy (non-hydrogen) atoms. The summed E-state index contributed by atoms with van der Waals surface area (Å²) in [5.74, 6) is 0. The summed E-state index contributed by atoms with van der Waals surface area (Å²) in [5, 5.41) is 0. The third-order valence-electron chi connectivity index (χ3n) is 4.36. The van der Waals surface area contributed by atoms with E-state index in [0.717, 1.165) is 26.1 Å². The maximum Gasteiger partial charge on any atom is 0.0474 e. The van der Waals surface area contributed by atoms with Crippen LogP contribution in [0.5, 0.6) is 0 Å². The van der Waals surface area contributed by atoms with Crippen LogP contribution >= 0.6 is 0 Å². The van der Waals surface area contributed by atoms with Crippen LogP contribution < -0.4 is 5.73 Å². The molecule has 0 aromatic rings. The minimum absolute atomic E-state index is 0.278. The molecule has 108 valence electrons. The molecule has 3 nitrogen and oxygen atoms in total. The lowest BCUT2D eigenvalue weighted by Crippen LogP contribution is -2.54. The van der Waals surface area contributed by atoms with E-state index in [-0.39, 0.29) is 5.54 Å². The molecule has 0 aromatic carbocycles. The number of nitrogens with zero attached hydrogens (tertiary/aromatic N) is 1. The van der Waals surface area contributed by atoms with Crippen LogP contribution in [0, 0.1) is 0 Å². The maximum absolute atomic E-state index is 6.17. The van der Waals surface area contributed by atoms with Gasteiger partial charge in [-0.1, -0.05) is 32.6 Å². The second-order valence-electron chi connectivity index (χ2n) is 5.68. The van der Waals surface area contributed by atoms with Crippen molar-refractivity contribution < 1.29 is 4.74 Å². The summed E-state index contributed by atoms with van der Waals surface area (Å²) in [5.41, 5.74) is 6.45. The lowest BCUT2D eigenvalue weighted by Gasteiger charge is -2.43. The number of ether oxygens (including phenoxy) is 1. The van der Waals surface area contributed by atoms with Gasteiger partial charge in [-0.05, 0) is 32.2 Å². The molecule has 1 saturated carbocycles. The molecule has 0 unspecified atom stereocenters. The predicted molar refractivity (Wildman–Crippen MR) is 77.8 cm³/mol. The molecule has 0 radical (unpaired) electrons. The van der Waals surface area contributed by atoms with Crippen molar-refractivity contribution in [3.05, 3.63) is 0 Å². The zero-order valence-electron chi connectivity index (χ0n) is 12.4. The number of hydrogen-bond donors (Lipinski definition) is 1. The molecule has 0 aromatic heterocycles. The summed E-state index contributed by atoms with van der Waals surface area (Å²) >= 11 is 0. The Hall–Kier alpha value is -0.120. The number of nitrogens with two attached hydrogens (primary N) is 1. The van der Waals surface area contributed by atoms with E-state index in [1.54, 1.807) is 7.11 Å². The van der Waals surface area contributed by atoms with E-state index in [9.17, 15) is 0 Å². The quantitative estimate of drug-likeness (QED) is 0.536. The summed E-state index contributed by atoms with van der Waals surface area (Å²) in [7, 11) is 1.79. The molecule has 1 rings (SSSR count). The molecule has 3 heteroatoms. The molecular weight excluding hydrogens is 224 g/mol. The molecule has 1 fully saturated rings. The minimum atomic E-state index is 0.278. The molecule has 0 aliphatic heterocycles. The van der Waals surface area contributed by atoms with Gasteiger partial charge in [-0.2, -0.15) is 0 Å². The van der Waals surface area contributed by atoms with Gasteiger partial charge in [0.05, 0.1) is 0 Å². The molecule has 2 N–H and O–H groups in total. The third kappa shape index (κ3) is 4.52. The molecule has 0 bridgehead atoms. The Bertz CT molecular complexity index is 201. The van der Waals surface area contributed by atoms with Gasteiger partial charge in [0.25, 0.3) is 0 Å². The van der Waals surface area contributed by atoms with Crippen molar-refractivity contribution in [3.8, 4) is 0 Å². The zero-order valence-corrected chi connectivity index (χ0v) is 12.4. The van der Waals surface area contributed by atoms with Crippen molar-refractivity contribution in [1.82, 2.24) is 4.90 Å². The van der Waals surface area contributed by atoms with Gasteiger partial charge in [-0.25, -0.2) is 0 Å². The van der Waals surface area contributed by atoms with E-state index in [2.05, 4.69) is 11.8 Å². The van der Waals surface area contributed by atoms with E-state index < -0.39 is 0 Å². The number of methoxy groups -OCH3 is 1. The largest absolute Gasteiger partial charge is 0.385 e. The summed E-state index contributed by atoms with van der Waals surface area (Å²) in [6.07, 6.45) is 10.4. The molecule has 0 heterocycles. The lowest BCUT2D eigenvalue weighted by atomic mass is 9.87. The molecule has 0 spiro atoms. The lowest BCUT2D eigenvalue weighted by molar-refractivity contribution is 0.0662. The Balaban J connectivity index is 2.63. The maximum atomic E-state index is 6.17. The Labute approximate surface area is 113 Å². The first-order chi connectivity index (χ1) is 8.79. The fourth-order valence-electron chi connectivity index (χ4n) is 3.29. The van der Waals surface area contributed by atoms with Crippen molar-refractivity contribution in [2.45, 2.75) is 63.8 Å². The van der Waals surface area contributed by atoms with Crippen LogP contribution in [-0.2, 0) is 4.74 Å². The number of rotatable bonds is 8. The van der Waals surface area contributed by atoms with Crippen LogP contribution in [-0.4, -0.2) is 43.8 Å². The Kier molecular flexibility index (Phi) is 7.87. The highest BCUT2D eigenvalue weighted by molar-refractivity contribution is 4.93. The van der Waals surface area contributed by atoms with Gasteiger partial charge in [-0.15, -0.1) is 0 Å². The fraction of sp³-hybridized carbons (Fsp3) is 1.00. The van der Waals surface area contributed by atoms with Gasteiger partial charge >= 0.3 is 0 Å². The molecule has 0 amide bonds. The van der Waals surface area contributed by atoms with Crippen molar-refractivity contribution >= 4 is 0 Å². The monoisotopic (exact) mass is 256 g/mol. The third-order valence-corrected chi connectivity index (χ3v) is 4.36. The topological polar surface area (TPSA) is 38.5 Å². The van der Waals surface area contributed by atoms with E-state index in [1.807, 2.05) is 0 Å². The highest BCUT2D eigenvalue weighted by Gasteiger charge is 2.34. The van der Waals surface area contributed by atoms with Gasteiger partial charge in [0.1, 0.15) is 0 Å². The van der Waals surface area contributed by atoms with E-state index in [1.165, 1.54) is 51.5 Å². The number of hydrogen-bond acceptors (Lipinski definition) is 3. The first kappa shape index (κ1) is 15.9. The second-order valence-corrected chi connectivity index (χ2v) is 5.68. The van der Waals surface area contributed by atoms with Crippen LogP contribution in [0.4, 0.5) is 0 Å². The molecule has 0 saturated heterocycles. The average Bonchev–Trinajstić information content (AvgIpc) is 2.64. The Morgan fingerprint density at radius 3 is 2.28 bits per heavy atom. The smallest absolute Gasteiger partial charge is 0.0474 e. The normalized spacial score (nSPS) is 20.0. The van der Waals surface area contributed by atoms with Crippen LogP contribution in [0.25, 0.3) is 0 Å². The van der Waals surface area contributed by atoms with Gasteiger partial charge in [0.2, 0.25) is 0 Å². The predicted octanol–water partition coefficient (Wildman–Crippen LogP) is 2.79. The van der Waals surface area contributed by atoms with Gasteiger partial charge in [0.15, 0.2) is 0 Å². The first-order valence-electron chi connectivity index (χ1n) is 7.73. The Morgan fingerprint density at radius 1 is 1.11 bits per heavy atom. The highest BCUT2D eigenvalue weighted by Crippen LogP contribution is 2.32.